The third kappa shape index (κ3) is 7.36. The van der Waals surface area contributed by atoms with Crippen molar-refractivity contribution in [1.29, 1.82) is 0 Å². The summed E-state index contributed by atoms with van der Waals surface area (Å²) in [5.74, 6) is -0.762. The number of amides is 2. The van der Waals surface area contributed by atoms with Crippen molar-refractivity contribution in [2.24, 2.45) is 0 Å². The Morgan fingerprint density at radius 1 is 0.974 bits per heavy atom. The van der Waals surface area contributed by atoms with E-state index in [4.69, 9.17) is 11.6 Å². The summed E-state index contributed by atoms with van der Waals surface area (Å²) < 4.78 is 28.7. The zero-order valence-corrected chi connectivity index (χ0v) is 23.5. The smallest absolute Gasteiger partial charge is 0.264 e. The summed E-state index contributed by atoms with van der Waals surface area (Å²) in [6.45, 7) is 5.62. The highest BCUT2D eigenvalue weighted by molar-refractivity contribution is 7.92. The number of nitrogens with zero attached hydrogens (tertiary/aromatic N) is 2. The fourth-order valence-electron chi connectivity index (χ4n) is 4.10. The molecular weight excluding hydrogens is 522 g/mol. The summed E-state index contributed by atoms with van der Waals surface area (Å²) in [6.07, 6.45) is 1.28. The maximum absolute atomic E-state index is 13.8. The lowest BCUT2D eigenvalue weighted by Gasteiger charge is -2.32. The molecule has 9 heteroatoms. The molecule has 0 bridgehead atoms. The molecular formula is C29H34ClN3O4S. The number of halogens is 1. The average molecular weight is 556 g/mol. The maximum atomic E-state index is 13.8. The minimum absolute atomic E-state index is 0.0618. The third-order valence-electron chi connectivity index (χ3n) is 6.24. The molecule has 0 saturated carbocycles. The van der Waals surface area contributed by atoms with Gasteiger partial charge in [0.25, 0.3) is 10.0 Å². The van der Waals surface area contributed by atoms with E-state index in [9.17, 15) is 18.0 Å². The summed E-state index contributed by atoms with van der Waals surface area (Å²) in [5.41, 5.74) is 1.96. The molecule has 0 spiro atoms. The quantitative estimate of drug-likeness (QED) is 0.347. The van der Waals surface area contributed by atoms with Crippen LogP contribution >= 0.6 is 11.6 Å². The van der Waals surface area contributed by atoms with Gasteiger partial charge in [0.15, 0.2) is 0 Å². The highest BCUT2D eigenvalue weighted by Gasteiger charge is 2.32. The lowest BCUT2D eigenvalue weighted by atomic mass is 10.1. The Bertz CT molecular complexity index is 1330. The van der Waals surface area contributed by atoms with Gasteiger partial charge in [-0.3, -0.25) is 13.9 Å². The highest BCUT2D eigenvalue weighted by Crippen LogP contribution is 2.29. The second-order valence-corrected chi connectivity index (χ2v) is 11.3. The van der Waals surface area contributed by atoms with Crippen molar-refractivity contribution in [1.82, 2.24) is 10.2 Å². The number of rotatable bonds is 12. The Kier molecular flexibility index (Phi) is 10.3. The van der Waals surface area contributed by atoms with Crippen LogP contribution in [0, 0.1) is 6.92 Å². The molecule has 202 valence electrons. The van der Waals surface area contributed by atoms with Gasteiger partial charge in [0.05, 0.1) is 10.6 Å². The molecule has 0 aliphatic heterocycles. The van der Waals surface area contributed by atoms with Crippen LogP contribution in [-0.2, 0) is 26.0 Å². The number of sulfonamides is 1. The second-order valence-electron chi connectivity index (χ2n) is 9.05. The number of hydrogen-bond donors (Lipinski definition) is 1. The summed E-state index contributed by atoms with van der Waals surface area (Å²) in [5, 5.41) is 3.30. The van der Waals surface area contributed by atoms with Crippen LogP contribution in [0.4, 0.5) is 5.69 Å². The molecule has 2 amide bonds. The normalized spacial score (nSPS) is 12.0. The fourth-order valence-corrected chi connectivity index (χ4v) is 5.82. The Balaban J connectivity index is 1.98. The van der Waals surface area contributed by atoms with Crippen molar-refractivity contribution in [2.45, 2.75) is 44.6 Å². The molecule has 3 rings (SSSR count). The van der Waals surface area contributed by atoms with Crippen molar-refractivity contribution in [3.63, 3.8) is 0 Å². The lowest BCUT2D eigenvalue weighted by molar-refractivity contribution is -0.138. The van der Waals surface area contributed by atoms with Crippen LogP contribution in [0.3, 0.4) is 0 Å². The van der Waals surface area contributed by atoms with Gasteiger partial charge in [-0.25, -0.2) is 8.42 Å². The molecule has 0 aliphatic carbocycles. The SMILES string of the molecule is CCCNC(=O)[C@H](C)N(CCc1ccccc1)C(=O)CN(c1ccc(Cl)cc1C)S(=O)(=O)c1ccccc1. The fraction of sp³-hybridized carbons (Fsp3) is 0.310. The number of anilines is 1. The molecule has 7 nitrogen and oxygen atoms in total. The van der Waals surface area contributed by atoms with Crippen molar-refractivity contribution >= 4 is 39.1 Å². The topological polar surface area (TPSA) is 86.8 Å². The van der Waals surface area contributed by atoms with Crippen LogP contribution in [0.5, 0.6) is 0 Å². The van der Waals surface area contributed by atoms with Crippen LogP contribution in [0.25, 0.3) is 0 Å². The number of carbonyl (C=O) groups is 2. The monoisotopic (exact) mass is 555 g/mol. The molecule has 0 radical (unpaired) electrons. The van der Waals surface area contributed by atoms with E-state index in [2.05, 4.69) is 5.32 Å². The van der Waals surface area contributed by atoms with Gasteiger partial charge in [0, 0.05) is 18.1 Å². The van der Waals surface area contributed by atoms with Crippen molar-refractivity contribution in [3.8, 4) is 0 Å². The summed E-state index contributed by atoms with van der Waals surface area (Å²) in [7, 11) is -4.10. The van der Waals surface area contributed by atoms with Crippen LogP contribution in [0.1, 0.15) is 31.4 Å². The van der Waals surface area contributed by atoms with E-state index in [-0.39, 0.29) is 17.3 Å². The van der Waals surface area contributed by atoms with Gasteiger partial charge >= 0.3 is 0 Å². The largest absolute Gasteiger partial charge is 0.354 e. The number of aryl methyl sites for hydroxylation is 1. The van der Waals surface area contributed by atoms with Crippen LogP contribution in [-0.4, -0.2) is 50.8 Å². The number of nitrogens with one attached hydrogen (secondary N) is 1. The van der Waals surface area contributed by atoms with E-state index in [1.165, 1.54) is 17.0 Å². The van der Waals surface area contributed by atoms with E-state index >= 15 is 0 Å². The van der Waals surface area contributed by atoms with Gasteiger partial charge in [0.2, 0.25) is 11.8 Å². The Morgan fingerprint density at radius 3 is 2.21 bits per heavy atom. The summed E-state index contributed by atoms with van der Waals surface area (Å²) in [4.78, 5) is 28.2. The van der Waals surface area contributed by atoms with E-state index < -0.39 is 28.5 Å². The summed E-state index contributed by atoms with van der Waals surface area (Å²) >= 11 is 6.14. The minimum Gasteiger partial charge on any atom is -0.354 e. The molecule has 0 aliphatic rings. The van der Waals surface area contributed by atoms with Crippen molar-refractivity contribution in [3.05, 3.63) is 95.0 Å². The minimum atomic E-state index is -4.10. The lowest BCUT2D eigenvalue weighted by Crippen LogP contribution is -2.52. The predicted octanol–water partition coefficient (Wildman–Crippen LogP) is 4.83. The van der Waals surface area contributed by atoms with E-state index in [1.54, 1.807) is 50.2 Å². The van der Waals surface area contributed by atoms with Gasteiger partial charge in [-0.1, -0.05) is 67.1 Å². The predicted molar refractivity (Wildman–Crippen MR) is 152 cm³/mol. The Labute approximate surface area is 230 Å². The van der Waals surface area contributed by atoms with Crippen molar-refractivity contribution in [2.75, 3.05) is 23.9 Å². The Morgan fingerprint density at radius 2 is 1.61 bits per heavy atom. The molecule has 0 fully saturated rings. The molecule has 0 aromatic heterocycles. The van der Waals surface area contributed by atoms with E-state index in [1.807, 2.05) is 37.3 Å². The number of benzene rings is 3. The second kappa shape index (κ2) is 13.4. The zero-order valence-electron chi connectivity index (χ0n) is 21.9. The maximum Gasteiger partial charge on any atom is 0.264 e. The first-order valence-corrected chi connectivity index (χ1v) is 14.4. The molecule has 1 N–H and O–H groups in total. The first-order valence-electron chi connectivity index (χ1n) is 12.6. The summed E-state index contributed by atoms with van der Waals surface area (Å²) in [6, 6.07) is 21.7. The van der Waals surface area contributed by atoms with Gasteiger partial charge in [-0.05, 0) is 68.1 Å². The van der Waals surface area contributed by atoms with Gasteiger partial charge < -0.3 is 10.2 Å². The van der Waals surface area contributed by atoms with E-state index in [0.717, 1.165) is 16.3 Å². The highest BCUT2D eigenvalue weighted by atomic mass is 35.5. The van der Waals surface area contributed by atoms with E-state index in [0.29, 0.717) is 29.2 Å². The van der Waals surface area contributed by atoms with Gasteiger partial charge in [0.1, 0.15) is 12.6 Å². The zero-order chi connectivity index (χ0) is 27.7. The number of hydrogen-bond acceptors (Lipinski definition) is 4. The van der Waals surface area contributed by atoms with Crippen LogP contribution in [0.2, 0.25) is 5.02 Å². The van der Waals surface area contributed by atoms with Crippen LogP contribution < -0.4 is 9.62 Å². The number of carbonyl (C=O) groups excluding carboxylic acids is 2. The molecule has 0 unspecified atom stereocenters. The first kappa shape index (κ1) is 29.2. The standard InChI is InChI=1S/C29H34ClN3O4S/c1-4-18-31-29(35)23(3)32(19-17-24-11-7-5-8-12-24)28(34)21-33(27-16-15-25(30)20-22(27)2)38(36,37)26-13-9-6-10-14-26/h5-16,20,23H,4,17-19,21H2,1-3H3,(H,31,35)/t23-/m0/s1. The average Bonchev–Trinajstić information content (AvgIpc) is 2.91. The Hall–Kier alpha value is -3.36. The third-order valence-corrected chi connectivity index (χ3v) is 8.25. The van der Waals surface area contributed by atoms with Crippen molar-refractivity contribution < 1.29 is 18.0 Å². The molecule has 38 heavy (non-hydrogen) atoms. The van der Waals surface area contributed by atoms with Gasteiger partial charge in [-0.15, -0.1) is 0 Å². The first-order chi connectivity index (χ1) is 18.1. The molecule has 3 aromatic rings. The molecule has 1 atom stereocenters. The van der Waals surface area contributed by atoms with Crippen LogP contribution in [0.15, 0.2) is 83.8 Å². The molecule has 0 heterocycles. The molecule has 0 saturated heterocycles. The molecule has 3 aromatic carbocycles. The van der Waals surface area contributed by atoms with Gasteiger partial charge in [-0.2, -0.15) is 0 Å².